The van der Waals surface area contributed by atoms with E-state index in [4.69, 9.17) is 19.2 Å². The van der Waals surface area contributed by atoms with E-state index in [9.17, 15) is 4.79 Å². The highest BCUT2D eigenvalue weighted by molar-refractivity contribution is 5.80. The summed E-state index contributed by atoms with van der Waals surface area (Å²) < 4.78 is 16.3. The van der Waals surface area contributed by atoms with Gasteiger partial charge >= 0.3 is 0 Å². The maximum absolute atomic E-state index is 11.9. The third-order valence-electron chi connectivity index (χ3n) is 4.72. The van der Waals surface area contributed by atoms with E-state index < -0.39 is 0 Å². The van der Waals surface area contributed by atoms with E-state index in [2.05, 4.69) is 10.6 Å². The number of hydrogen-bond acceptors (Lipinski definition) is 5. The van der Waals surface area contributed by atoms with E-state index in [0.717, 1.165) is 31.0 Å². The minimum absolute atomic E-state index is 0.195. The van der Waals surface area contributed by atoms with Gasteiger partial charge in [-0.1, -0.05) is 6.92 Å². The molecule has 8 nitrogen and oxygen atoms in total. The minimum atomic E-state index is 0.195. The van der Waals surface area contributed by atoms with Gasteiger partial charge in [-0.2, -0.15) is 0 Å². The second-order valence-electron chi connectivity index (χ2n) is 6.51. The summed E-state index contributed by atoms with van der Waals surface area (Å²) in [6.07, 6.45) is 1.45. The lowest BCUT2D eigenvalue weighted by atomic mass is 10.1. The standard InChI is InChI=1S/C20H32N4O4/c1-6-17(25)24-11-10-15(13-24)23-20(21-7-2)22-12-14-8-9-16(26-3)19(28-5)18(14)27-4/h8-9,15H,6-7,10-13H2,1-5H3,(H2,21,22,23). The van der Waals surface area contributed by atoms with Crippen molar-refractivity contribution >= 4 is 11.9 Å². The van der Waals surface area contributed by atoms with E-state index in [0.29, 0.717) is 36.8 Å². The highest BCUT2D eigenvalue weighted by Gasteiger charge is 2.25. The summed E-state index contributed by atoms with van der Waals surface area (Å²) in [5.74, 6) is 2.70. The fraction of sp³-hybridized carbons (Fsp3) is 0.600. The van der Waals surface area contributed by atoms with Gasteiger partial charge in [-0.05, 0) is 25.5 Å². The molecule has 1 amide bonds. The van der Waals surface area contributed by atoms with Gasteiger partial charge in [0, 0.05) is 37.7 Å². The van der Waals surface area contributed by atoms with Crippen molar-refractivity contribution in [1.82, 2.24) is 15.5 Å². The number of nitrogens with zero attached hydrogens (tertiary/aromatic N) is 2. The summed E-state index contributed by atoms with van der Waals surface area (Å²) in [4.78, 5) is 18.5. The molecule has 0 bridgehead atoms. The third-order valence-corrected chi connectivity index (χ3v) is 4.72. The van der Waals surface area contributed by atoms with E-state index in [1.165, 1.54) is 0 Å². The highest BCUT2D eigenvalue weighted by Crippen LogP contribution is 2.39. The largest absolute Gasteiger partial charge is 0.493 e. The molecule has 1 fully saturated rings. The van der Waals surface area contributed by atoms with E-state index in [-0.39, 0.29) is 11.9 Å². The van der Waals surface area contributed by atoms with Crippen molar-refractivity contribution < 1.29 is 19.0 Å². The van der Waals surface area contributed by atoms with Gasteiger partial charge in [-0.3, -0.25) is 4.79 Å². The Morgan fingerprint density at radius 3 is 2.54 bits per heavy atom. The zero-order valence-electron chi connectivity index (χ0n) is 17.5. The number of nitrogens with one attached hydrogen (secondary N) is 2. The first-order chi connectivity index (χ1) is 13.6. The molecule has 1 atom stereocenters. The summed E-state index contributed by atoms with van der Waals surface area (Å²) >= 11 is 0. The highest BCUT2D eigenvalue weighted by atomic mass is 16.5. The van der Waals surface area contributed by atoms with Crippen LogP contribution in [0.4, 0.5) is 0 Å². The van der Waals surface area contributed by atoms with E-state index >= 15 is 0 Å². The Bertz CT molecular complexity index is 693. The molecular weight excluding hydrogens is 360 g/mol. The van der Waals surface area contributed by atoms with Crippen LogP contribution in [0.2, 0.25) is 0 Å². The lowest BCUT2D eigenvalue weighted by Gasteiger charge is -2.19. The maximum Gasteiger partial charge on any atom is 0.222 e. The molecule has 0 aromatic heterocycles. The molecule has 2 rings (SSSR count). The first kappa shape index (κ1) is 21.7. The van der Waals surface area contributed by atoms with Crippen LogP contribution in [0.25, 0.3) is 0 Å². The molecular formula is C20H32N4O4. The normalized spacial score (nSPS) is 16.7. The lowest BCUT2D eigenvalue weighted by molar-refractivity contribution is -0.129. The molecule has 156 valence electrons. The molecule has 0 radical (unpaired) electrons. The summed E-state index contributed by atoms with van der Waals surface area (Å²) in [6, 6.07) is 3.96. The number of amides is 1. The van der Waals surface area contributed by atoms with Crippen LogP contribution in [-0.2, 0) is 11.3 Å². The number of guanidine groups is 1. The van der Waals surface area contributed by atoms with Crippen LogP contribution in [0.5, 0.6) is 17.2 Å². The molecule has 2 N–H and O–H groups in total. The number of ether oxygens (including phenoxy) is 3. The molecule has 0 aliphatic carbocycles. The molecule has 1 aliphatic rings. The minimum Gasteiger partial charge on any atom is -0.493 e. The second kappa shape index (κ2) is 10.6. The second-order valence-corrected chi connectivity index (χ2v) is 6.51. The average molecular weight is 393 g/mol. The monoisotopic (exact) mass is 392 g/mol. The molecule has 1 saturated heterocycles. The van der Waals surface area contributed by atoms with Crippen LogP contribution in [-0.4, -0.2) is 63.8 Å². The van der Waals surface area contributed by atoms with Crippen molar-refractivity contribution in [3.63, 3.8) is 0 Å². The summed E-state index contributed by atoms with van der Waals surface area (Å²) in [7, 11) is 4.78. The van der Waals surface area contributed by atoms with Gasteiger partial charge in [0.1, 0.15) is 0 Å². The van der Waals surface area contributed by atoms with Gasteiger partial charge in [0.25, 0.3) is 0 Å². The van der Waals surface area contributed by atoms with Gasteiger partial charge in [0.15, 0.2) is 17.5 Å². The Morgan fingerprint density at radius 1 is 1.18 bits per heavy atom. The third kappa shape index (κ3) is 5.21. The zero-order valence-corrected chi connectivity index (χ0v) is 17.5. The van der Waals surface area contributed by atoms with Crippen molar-refractivity contribution in [2.24, 2.45) is 4.99 Å². The van der Waals surface area contributed by atoms with Crippen molar-refractivity contribution in [3.8, 4) is 17.2 Å². The predicted octanol–water partition coefficient (Wildman–Crippen LogP) is 1.78. The van der Waals surface area contributed by atoms with Gasteiger partial charge in [-0.25, -0.2) is 4.99 Å². The number of rotatable bonds is 8. The van der Waals surface area contributed by atoms with Crippen LogP contribution in [0.15, 0.2) is 17.1 Å². The number of aliphatic imine (C=N–C) groups is 1. The van der Waals surface area contributed by atoms with Gasteiger partial charge < -0.3 is 29.7 Å². The number of methoxy groups -OCH3 is 3. The van der Waals surface area contributed by atoms with Crippen molar-refractivity contribution in [3.05, 3.63) is 17.7 Å². The van der Waals surface area contributed by atoms with Crippen molar-refractivity contribution in [2.75, 3.05) is 41.0 Å². The topological polar surface area (TPSA) is 84.4 Å². The van der Waals surface area contributed by atoms with Gasteiger partial charge in [0.05, 0.1) is 27.9 Å². The van der Waals surface area contributed by atoms with Gasteiger partial charge in [0.2, 0.25) is 11.7 Å². The first-order valence-electron chi connectivity index (χ1n) is 9.68. The van der Waals surface area contributed by atoms with Crippen molar-refractivity contribution in [2.45, 2.75) is 39.3 Å². The van der Waals surface area contributed by atoms with Crippen LogP contribution in [0.3, 0.4) is 0 Å². The number of benzene rings is 1. The summed E-state index contributed by atoms with van der Waals surface area (Å²) in [6.45, 7) is 6.58. The number of carbonyl (C=O) groups excluding carboxylic acids is 1. The van der Waals surface area contributed by atoms with Crippen molar-refractivity contribution in [1.29, 1.82) is 0 Å². The van der Waals surface area contributed by atoms with Crippen LogP contribution >= 0.6 is 0 Å². The Balaban J connectivity index is 2.12. The zero-order chi connectivity index (χ0) is 20.5. The number of carbonyl (C=O) groups is 1. The molecule has 0 spiro atoms. The lowest BCUT2D eigenvalue weighted by Crippen LogP contribution is -2.45. The SMILES string of the molecule is CCNC(=NCc1ccc(OC)c(OC)c1OC)NC1CCN(C(=O)CC)C1. The molecule has 1 unspecified atom stereocenters. The molecule has 28 heavy (non-hydrogen) atoms. The molecule has 1 aromatic carbocycles. The average Bonchev–Trinajstić information content (AvgIpc) is 3.19. The first-order valence-corrected chi connectivity index (χ1v) is 9.68. The molecule has 1 aliphatic heterocycles. The smallest absolute Gasteiger partial charge is 0.222 e. The Labute approximate surface area is 167 Å². The molecule has 1 aromatic rings. The van der Waals surface area contributed by atoms with Crippen LogP contribution in [0, 0.1) is 0 Å². The van der Waals surface area contributed by atoms with Gasteiger partial charge in [-0.15, -0.1) is 0 Å². The fourth-order valence-electron chi connectivity index (χ4n) is 3.29. The Morgan fingerprint density at radius 2 is 1.93 bits per heavy atom. The number of likely N-dealkylation sites (tertiary alicyclic amines) is 1. The maximum atomic E-state index is 11.9. The number of hydrogen-bond donors (Lipinski definition) is 2. The summed E-state index contributed by atoms with van der Waals surface area (Å²) in [5.41, 5.74) is 0.895. The quantitative estimate of drug-likeness (QED) is 0.518. The van der Waals surface area contributed by atoms with Crippen LogP contribution in [0.1, 0.15) is 32.3 Å². The molecule has 1 heterocycles. The predicted molar refractivity (Wildman–Crippen MR) is 109 cm³/mol. The Hall–Kier alpha value is -2.64. The Kier molecular flexibility index (Phi) is 8.22. The molecule has 0 saturated carbocycles. The van der Waals surface area contributed by atoms with E-state index in [1.807, 2.05) is 30.9 Å². The summed E-state index contributed by atoms with van der Waals surface area (Å²) in [5, 5.41) is 6.70. The fourth-order valence-corrected chi connectivity index (χ4v) is 3.29. The molecule has 8 heteroatoms. The van der Waals surface area contributed by atoms with E-state index in [1.54, 1.807) is 21.3 Å². The van der Waals surface area contributed by atoms with Crippen LogP contribution < -0.4 is 24.8 Å².